The van der Waals surface area contributed by atoms with Gasteiger partial charge in [0.1, 0.15) is 23.9 Å². The van der Waals surface area contributed by atoms with Crippen LogP contribution >= 0.6 is 11.6 Å². The molecule has 0 saturated carbocycles. The zero-order valence-corrected chi connectivity index (χ0v) is 21.0. The number of carbonyl (C=O) groups is 1. The van der Waals surface area contributed by atoms with Gasteiger partial charge in [0.2, 0.25) is 0 Å². The zero-order chi connectivity index (χ0) is 26.7. The first-order valence-corrected chi connectivity index (χ1v) is 12.1. The molecule has 37 heavy (non-hydrogen) atoms. The average Bonchev–Trinajstić information content (AvgIpc) is 3.33. The number of aromatic nitrogens is 1. The Labute approximate surface area is 216 Å². The van der Waals surface area contributed by atoms with Crippen molar-refractivity contribution in [2.75, 3.05) is 6.61 Å². The molecule has 1 aliphatic carbocycles. The molecule has 1 heterocycles. The highest BCUT2D eigenvalue weighted by Gasteiger charge is 2.34. The van der Waals surface area contributed by atoms with E-state index >= 15 is 0 Å². The molecule has 0 unspecified atom stereocenters. The average molecular weight is 534 g/mol. The number of hydrogen-bond donors (Lipinski definition) is 0. The second-order valence-corrected chi connectivity index (χ2v) is 9.12. The van der Waals surface area contributed by atoms with E-state index in [1.165, 1.54) is 12.1 Å². The van der Waals surface area contributed by atoms with Gasteiger partial charge in [-0.15, -0.1) is 0 Å². The smallest absolute Gasteiger partial charge is 0.416 e. The van der Waals surface area contributed by atoms with Gasteiger partial charge in [-0.3, -0.25) is 0 Å². The van der Waals surface area contributed by atoms with Crippen molar-refractivity contribution in [1.82, 2.24) is 4.98 Å². The number of alkyl halides is 3. The molecule has 1 aliphatic rings. The molecule has 0 radical (unpaired) electrons. The normalized spacial score (nSPS) is 13.7. The summed E-state index contributed by atoms with van der Waals surface area (Å²) in [5.41, 5.74) is 2.00. The minimum atomic E-state index is -4.67. The molecule has 4 nitrogen and oxygen atoms in total. The Morgan fingerprint density at radius 3 is 2.51 bits per heavy atom. The van der Waals surface area contributed by atoms with Gasteiger partial charge in [0.15, 0.2) is 0 Å². The standard InChI is InChI=1S/C28H24ClF4NO3/c1-3-36-27(35)25-13-18(28(31,32)33)12-24(34-25)21-6-4-5-20(21)22-11-16(2)7-10-26(22)37-15-17-8-9-19(29)14-23(17)30/h7-14H,3-6,15H2,1-2H3. The second kappa shape index (κ2) is 10.9. The van der Waals surface area contributed by atoms with Crippen LogP contribution in [0.1, 0.15) is 64.6 Å². The molecular weight excluding hydrogens is 510 g/mol. The van der Waals surface area contributed by atoms with Crippen molar-refractivity contribution >= 4 is 28.7 Å². The molecule has 3 aromatic rings. The quantitative estimate of drug-likeness (QED) is 0.228. The van der Waals surface area contributed by atoms with E-state index in [0.717, 1.165) is 17.2 Å². The predicted molar refractivity (Wildman–Crippen MR) is 133 cm³/mol. The first kappa shape index (κ1) is 26.7. The van der Waals surface area contributed by atoms with Crippen LogP contribution in [0.4, 0.5) is 17.6 Å². The van der Waals surface area contributed by atoms with Crippen molar-refractivity contribution in [3.8, 4) is 5.75 Å². The monoisotopic (exact) mass is 533 g/mol. The largest absolute Gasteiger partial charge is 0.488 e. The summed E-state index contributed by atoms with van der Waals surface area (Å²) in [4.78, 5) is 16.5. The zero-order valence-electron chi connectivity index (χ0n) is 20.2. The fourth-order valence-electron chi connectivity index (χ4n) is 4.28. The lowest BCUT2D eigenvalue weighted by atomic mass is 9.96. The third-order valence-corrected chi connectivity index (χ3v) is 6.26. The van der Waals surface area contributed by atoms with Gasteiger partial charge in [0, 0.05) is 16.1 Å². The summed E-state index contributed by atoms with van der Waals surface area (Å²) in [7, 11) is 0. The van der Waals surface area contributed by atoms with Crippen LogP contribution in [-0.2, 0) is 17.5 Å². The maximum absolute atomic E-state index is 14.3. The summed E-state index contributed by atoms with van der Waals surface area (Å²) in [5, 5.41) is 0.272. The summed E-state index contributed by atoms with van der Waals surface area (Å²) in [6, 6.07) is 11.5. The van der Waals surface area contributed by atoms with Crippen LogP contribution in [0.2, 0.25) is 5.02 Å². The van der Waals surface area contributed by atoms with E-state index in [1.807, 2.05) is 19.1 Å². The molecule has 2 aromatic carbocycles. The molecule has 194 valence electrons. The van der Waals surface area contributed by atoms with E-state index in [1.54, 1.807) is 19.1 Å². The van der Waals surface area contributed by atoms with E-state index in [4.69, 9.17) is 21.1 Å². The Balaban J connectivity index is 1.78. The summed E-state index contributed by atoms with van der Waals surface area (Å²) >= 11 is 5.83. The van der Waals surface area contributed by atoms with Gasteiger partial charge in [-0.1, -0.05) is 29.3 Å². The van der Waals surface area contributed by atoms with Gasteiger partial charge < -0.3 is 9.47 Å². The number of hydrogen-bond acceptors (Lipinski definition) is 4. The molecule has 0 fully saturated rings. The maximum Gasteiger partial charge on any atom is 0.416 e. The van der Waals surface area contributed by atoms with Crippen molar-refractivity contribution in [1.29, 1.82) is 0 Å². The summed E-state index contributed by atoms with van der Waals surface area (Å²) in [5.74, 6) is -0.951. The van der Waals surface area contributed by atoms with Crippen molar-refractivity contribution in [2.45, 2.75) is 45.9 Å². The SMILES string of the molecule is CCOC(=O)c1cc(C(F)(F)F)cc(C2=C(c3cc(C)ccc3OCc3ccc(Cl)cc3F)CCC2)n1. The molecule has 1 aromatic heterocycles. The number of ether oxygens (including phenoxy) is 2. The first-order chi connectivity index (χ1) is 17.6. The number of carbonyl (C=O) groups excluding carboxylic acids is 1. The number of benzene rings is 2. The van der Waals surface area contributed by atoms with Gasteiger partial charge >= 0.3 is 12.1 Å². The molecular formula is C28H24ClF4NO3. The Morgan fingerprint density at radius 1 is 1.05 bits per heavy atom. The Morgan fingerprint density at radius 2 is 1.81 bits per heavy atom. The number of allylic oxidation sites excluding steroid dienone is 2. The van der Waals surface area contributed by atoms with Crippen molar-refractivity contribution in [3.63, 3.8) is 0 Å². The van der Waals surface area contributed by atoms with Crippen LogP contribution in [0.15, 0.2) is 48.5 Å². The summed E-state index contributed by atoms with van der Waals surface area (Å²) < 4.78 is 66.2. The van der Waals surface area contributed by atoms with Crippen LogP contribution in [0.3, 0.4) is 0 Å². The molecule has 4 rings (SSSR count). The topological polar surface area (TPSA) is 48.4 Å². The molecule has 9 heteroatoms. The van der Waals surface area contributed by atoms with Crippen LogP contribution in [-0.4, -0.2) is 17.6 Å². The van der Waals surface area contributed by atoms with E-state index in [9.17, 15) is 22.4 Å². The fourth-order valence-corrected chi connectivity index (χ4v) is 4.44. The lowest BCUT2D eigenvalue weighted by molar-refractivity contribution is -0.137. The van der Waals surface area contributed by atoms with E-state index in [-0.39, 0.29) is 23.9 Å². The molecule has 0 aliphatic heterocycles. The minimum Gasteiger partial charge on any atom is -0.488 e. The van der Waals surface area contributed by atoms with Gasteiger partial charge in [-0.2, -0.15) is 13.2 Å². The highest BCUT2D eigenvalue weighted by atomic mass is 35.5. The summed E-state index contributed by atoms with van der Waals surface area (Å²) in [6.45, 7) is 3.41. The van der Waals surface area contributed by atoms with Crippen LogP contribution < -0.4 is 4.74 Å². The lowest BCUT2D eigenvalue weighted by Gasteiger charge is -2.17. The fraction of sp³-hybridized carbons (Fsp3) is 0.286. The Bertz CT molecular complexity index is 1370. The Hall–Kier alpha value is -3.39. The number of halogens is 5. The number of rotatable bonds is 7. The van der Waals surface area contributed by atoms with Crippen LogP contribution in [0, 0.1) is 12.7 Å². The second-order valence-electron chi connectivity index (χ2n) is 8.68. The van der Waals surface area contributed by atoms with E-state index < -0.39 is 29.2 Å². The highest BCUT2D eigenvalue weighted by molar-refractivity contribution is 6.30. The molecule has 0 atom stereocenters. The van der Waals surface area contributed by atoms with Crippen molar-refractivity contribution < 1.29 is 31.8 Å². The number of nitrogens with zero attached hydrogens (tertiary/aromatic N) is 1. The van der Waals surface area contributed by atoms with Gasteiger partial charge in [0.05, 0.1) is 17.9 Å². The van der Waals surface area contributed by atoms with E-state index in [0.29, 0.717) is 47.8 Å². The molecule has 0 spiro atoms. The van der Waals surface area contributed by atoms with Gasteiger partial charge in [-0.05, 0) is 80.7 Å². The number of pyridine rings is 1. The number of esters is 1. The third kappa shape index (κ3) is 6.13. The Kier molecular flexibility index (Phi) is 7.87. The highest BCUT2D eigenvalue weighted by Crippen LogP contribution is 2.44. The summed E-state index contributed by atoms with van der Waals surface area (Å²) in [6.07, 6.45) is -2.92. The molecule has 0 N–H and O–H groups in total. The van der Waals surface area contributed by atoms with Crippen molar-refractivity contribution in [3.05, 3.63) is 93.0 Å². The predicted octanol–water partition coefficient (Wildman–Crippen LogP) is 8.05. The third-order valence-electron chi connectivity index (χ3n) is 6.02. The van der Waals surface area contributed by atoms with Gasteiger partial charge in [-0.25, -0.2) is 14.2 Å². The molecule has 0 bridgehead atoms. The van der Waals surface area contributed by atoms with Crippen molar-refractivity contribution in [2.24, 2.45) is 0 Å². The van der Waals surface area contributed by atoms with Crippen LogP contribution in [0.25, 0.3) is 11.1 Å². The lowest BCUT2D eigenvalue weighted by Crippen LogP contribution is -2.13. The van der Waals surface area contributed by atoms with Gasteiger partial charge in [0.25, 0.3) is 0 Å². The number of aryl methyl sites for hydroxylation is 1. The molecule has 0 amide bonds. The van der Waals surface area contributed by atoms with E-state index in [2.05, 4.69) is 4.98 Å². The van der Waals surface area contributed by atoms with Crippen LogP contribution in [0.5, 0.6) is 5.75 Å². The maximum atomic E-state index is 14.3. The first-order valence-electron chi connectivity index (χ1n) is 11.7. The molecule has 0 saturated heterocycles. The minimum absolute atomic E-state index is 0.0121.